The predicted octanol–water partition coefficient (Wildman–Crippen LogP) is 8.57. The highest BCUT2D eigenvalue weighted by Gasteiger charge is 2.17. The number of ether oxygens (including phenoxy) is 4. The second-order valence-electron chi connectivity index (χ2n) is 10.1. The lowest BCUT2D eigenvalue weighted by Crippen LogP contribution is -2.12. The highest BCUT2D eigenvalue weighted by Crippen LogP contribution is 2.29. The molecule has 6 rings (SSSR count). The summed E-state index contributed by atoms with van der Waals surface area (Å²) in [6.07, 6.45) is 3.34. The van der Waals surface area contributed by atoms with Gasteiger partial charge in [-0.15, -0.1) is 15.0 Å². The Morgan fingerprint density at radius 3 is 1.85 bits per heavy atom. The topological polar surface area (TPSA) is 119 Å². The molecule has 10 nitrogen and oxygen atoms in total. The average molecular weight is 615 g/mol. The van der Waals surface area contributed by atoms with Gasteiger partial charge in [-0.05, 0) is 67.1 Å². The summed E-state index contributed by atoms with van der Waals surface area (Å²) in [5, 5.41) is 4.21. The fraction of sp³-hybridized carbons (Fsp3) is 0.139. The van der Waals surface area contributed by atoms with Crippen LogP contribution in [0.15, 0.2) is 120 Å². The van der Waals surface area contributed by atoms with Gasteiger partial charge in [0, 0.05) is 17.2 Å². The van der Waals surface area contributed by atoms with E-state index in [1.165, 1.54) is 0 Å². The summed E-state index contributed by atoms with van der Waals surface area (Å²) in [6.45, 7) is 2.87. The lowest BCUT2D eigenvalue weighted by atomic mass is 10.1. The number of hydrogen-bond acceptors (Lipinski definition) is 10. The maximum atomic E-state index is 13.1. The smallest absolute Gasteiger partial charge is 0.345 e. The molecule has 4 aromatic carbocycles. The van der Waals surface area contributed by atoms with E-state index in [2.05, 4.69) is 27.0 Å². The molecule has 10 heteroatoms. The van der Waals surface area contributed by atoms with Gasteiger partial charge in [-0.3, -0.25) is 0 Å². The third-order valence-electron chi connectivity index (χ3n) is 6.74. The molecule has 0 atom stereocenters. The molecule has 0 radical (unpaired) electrons. The molecule has 2 heterocycles. The van der Waals surface area contributed by atoms with Crippen molar-refractivity contribution in [1.82, 2.24) is 20.1 Å². The largest absolute Gasteiger partial charge is 0.494 e. The van der Waals surface area contributed by atoms with Crippen molar-refractivity contribution in [2.24, 2.45) is 0 Å². The van der Waals surface area contributed by atoms with Crippen LogP contribution in [0.4, 0.5) is 0 Å². The zero-order valence-corrected chi connectivity index (χ0v) is 25.0. The third kappa shape index (κ3) is 7.92. The SMILES string of the molecule is CCCCCOc1ccc(-c2cc(-c3ccc(C(=O)Oc4nc(Oc5ccccc5)nc(Oc5ccccc5)n4)cc3)no2)cc1. The number of nitrogens with zero attached hydrogens (tertiary/aromatic N) is 4. The second-order valence-corrected chi connectivity index (χ2v) is 10.1. The second kappa shape index (κ2) is 14.6. The maximum absolute atomic E-state index is 13.1. The Kier molecular flexibility index (Phi) is 9.55. The van der Waals surface area contributed by atoms with E-state index in [1.54, 1.807) is 48.5 Å². The van der Waals surface area contributed by atoms with Crippen LogP contribution in [0.3, 0.4) is 0 Å². The molecule has 0 unspecified atom stereocenters. The number of esters is 1. The molecule has 0 aliphatic rings. The first kappa shape index (κ1) is 30.0. The van der Waals surface area contributed by atoms with Crippen LogP contribution in [0, 0.1) is 0 Å². The molecule has 0 fully saturated rings. The Morgan fingerprint density at radius 1 is 0.652 bits per heavy atom. The molecule has 0 saturated heterocycles. The summed E-state index contributed by atoms with van der Waals surface area (Å²) in [5.74, 6) is 1.75. The number of unbranched alkanes of at least 4 members (excludes halogenated alkanes) is 2. The zero-order chi connectivity index (χ0) is 31.6. The van der Waals surface area contributed by atoms with E-state index in [4.69, 9.17) is 23.5 Å². The van der Waals surface area contributed by atoms with E-state index in [0.29, 0.717) is 29.6 Å². The number of rotatable bonds is 13. The average Bonchev–Trinajstić information content (AvgIpc) is 3.58. The molecule has 0 aliphatic carbocycles. The van der Waals surface area contributed by atoms with Crippen molar-refractivity contribution in [3.05, 3.63) is 121 Å². The van der Waals surface area contributed by atoms with Gasteiger partial charge in [0.1, 0.15) is 22.9 Å². The van der Waals surface area contributed by atoms with E-state index in [1.807, 2.05) is 66.7 Å². The summed E-state index contributed by atoms with van der Waals surface area (Å²) < 4.78 is 28.4. The Bertz CT molecular complexity index is 1800. The minimum atomic E-state index is -0.674. The highest BCUT2D eigenvalue weighted by molar-refractivity contribution is 5.91. The number of hydrogen-bond donors (Lipinski definition) is 0. The first-order valence-corrected chi connectivity index (χ1v) is 14.9. The van der Waals surface area contributed by atoms with Crippen LogP contribution in [0.2, 0.25) is 0 Å². The molecule has 2 aromatic heterocycles. The van der Waals surface area contributed by atoms with Crippen molar-refractivity contribution in [3.63, 3.8) is 0 Å². The van der Waals surface area contributed by atoms with Crippen molar-refractivity contribution in [2.45, 2.75) is 26.2 Å². The van der Waals surface area contributed by atoms with Gasteiger partial charge in [0.2, 0.25) is 0 Å². The van der Waals surface area contributed by atoms with Gasteiger partial charge < -0.3 is 23.5 Å². The maximum Gasteiger partial charge on any atom is 0.345 e. The summed E-state index contributed by atoms with van der Waals surface area (Å²) >= 11 is 0. The van der Waals surface area contributed by atoms with Gasteiger partial charge >= 0.3 is 24.0 Å². The Balaban J connectivity index is 1.13. The molecule has 0 saturated carbocycles. The molecule has 46 heavy (non-hydrogen) atoms. The van der Waals surface area contributed by atoms with Crippen LogP contribution in [0.25, 0.3) is 22.6 Å². The summed E-state index contributed by atoms with van der Waals surface area (Å²) in [4.78, 5) is 25.6. The van der Waals surface area contributed by atoms with E-state index >= 15 is 0 Å². The Labute approximate surface area is 265 Å². The van der Waals surface area contributed by atoms with Crippen LogP contribution < -0.4 is 18.9 Å². The number of para-hydroxylation sites is 2. The van der Waals surface area contributed by atoms with Gasteiger partial charge in [0.05, 0.1) is 12.2 Å². The van der Waals surface area contributed by atoms with Crippen LogP contribution in [-0.4, -0.2) is 32.7 Å². The molecule has 0 N–H and O–H groups in total. The third-order valence-corrected chi connectivity index (χ3v) is 6.74. The molecular weight excluding hydrogens is 584 g/mol. The van der Waals surface area contributed by atoms with Gasteiger partial charge in [-0.25, -0.2) is 4.79 Å². The quantitative estimate of drug-likeness (QED) is 0.0924. The van der Waals surface area contributed by atoms with Crippen molar-refractivity contribution in [1.29, 1.82) is 0 Å². The van der Waals surface area contributed by atoms with Crippen LogP contribution in [0.5, 0.6) is 35.3 Å². The van der Waals surface area contributed by atoms with E-state index in [9.17, 15) is 4.79 Å². The summed E-state index contributed by atoms with van der Waals surface area (Å²) in [5.41, 5.74) is 2.54. The van der Waals surface area contributed by atoms with Crippen LogP contribution in [0.1, 0.15) is 36.5 Å². The Hall–Kier alpha value is -6.03. The fourth-order valence-electron chi connectivity index (χ4n) is 4.37. The van der Waals surface area contributed by atoms with Crippen molar-refractivity contribution in [3.8, 4) is 57.9 Å². The fourth-order valence-corrected chi connectivity index (χ4v) is 4.37. The van der Waals surface area contributed by atoms with Gasteiger partial charge in [-0.2, -0.15) is 0 Å². The monoisotopic (exact) mass is 614 g/mol. The minimum absolute atomic E-state index is 0.0961. The summed E-state index contributed by atoms with van der Waals surface area (Å²) in [7, 11) is 0. The van der Waals surface area contributed by atoms with Crippen molar-refractivity contribution >= 4 is 5.97 Å². The number of aromatic nitrogens is 4. The number of carbonyl (C=O) groups excluding carboxylic acids is 1. The van der Waals surface area contributed by atoms with Gasteiger partial charge in [-0.1, -0.05) is 73.5 Å². The number of carbonyl (C=O) groups is 1. The molecule has 0 spiro atoms. The van der Waals surface area contributed by atoms with E-state index in [0.717, 1.165) is 36.1 Å². The van der Waals surface area contributed by atoms with Crippen molar-refractivity contribution < 1.29 is 28.3 Å². The Morgan fingerprint density at radius 2 is 1.24 bits per heavy atom. The highest BCUT2D eigenvalue weighted by atomic mass is 16.6. The van der Waals surface area contributed by atoms with Crippen molar-refractivity contribution in [2.75, 3.05) is 6.61 Å². The summed E-state index contributed by atoms with van der Waals surface area (Å²) in [6, 6.07) is 33.8. The first-order chi connectivity index (χ1) is 22.6. The minimum Gasteiger partial charge on any atom is -0.494 e. The molecule has 0 amide bonds. The molecule has 230 valence electrons. The van der Waals surface area contributed by atoms with Gasteiger partial charge in [0.25, 0.3) is 0 Å². The van der Waals surface area contributed by atoms with Crippen LogP contribution in [-0.2, 0) is 0 Å². The van der Waals surface area contributed by atoms with Crippen LogP contribution >= 0.6 is 0 Å². The standard InChI is InChI=1S/C36H30N4O6/c1-2-3-10-23-42-28-21-19-26(20-22-28)32-24-31(40-46-32)25-15-17-27(18-16-25)33(41)45-36-38-34(43-29-11-6-4-7-12-29)37-35(39-36)44-30-13-8-5-9-14-30/h4-9,11-22,24H,2-3,10,23H2,1H3. The lowest BCUT2D eigenvalue weighted by Gasteiger charge is -2.09. The number of benzene rings is 4. The van der Waals surface area contributed by atoms with E-state index in [-0.39, 0.29) is 23.6 Å². The predicted molar refractivity (Wildman–Crippen MR) is 170 cm³/mol. The molecular formula is C36H30N4O6. The molecule has 6 aromatic rings. The van der Waals surface area contributed by atoms with Gasteiger partial charge in [0.15, 0.2) is 5.76 Å². The molecule has 0 bridgehead atoms. The zero-order valence-electron chi connectivity index (χ0n) is 25.0. The normalized spacial score (nSPS) is 10.7. The lowest BCUT2D eigenvalue weighted by molar-refractivity contribution is 0.0717. The first-order valence-electron chi connectivity index (χ1n) is 14.9. The molecule has 0 aliphatic heterocycles. The van der Waals surface area contributed by atoms with E-state index < -0.39 is 5.97 Å².